The third kappa shape index (κ3) is 7.31. The molecule has 0 aromatic rings. The van der Waals surface area contributed by atoms with E-state index in [4.69, 9.17) is 0 Å². The number of halogens is 1. The molecule has 0 bridgehead atoms. The van der Waals surface area contributed by atoms with Gasteiger partial charge in [0.25, 0.3) is 0 Å². The van der Waals surface area contributed by atoms with Crippen LogP contribution in [0.1, 0.15) is 33.6 Å². The van der Waals surface area contributed by atoms with Crippen LogP contribution in [-0.2, 0) is 0 Å². The molecule has 0 rings (SSSR count). The van der Waals surface area contributed by atoms with Gasteiger partial charge in [-0.2, -0.15) is 0 Å². The van der Waals surface area contributed by atoms with Crippen LogP contribution in [0.15, 0.2) is 24.1 Å². The Morgan fingerprint density at radius 2 is 2.09 bits per heavy atom. The van der Waals surface area contributed by atoms with Gasteiger partial charge in [-0.05, 0) is 24.5 Å². The Balaban J connectivity index is 3.75. The first-order valence-electron chi connectivity index (χ1n) is 4.20. The summed E-state index contributed by atoms with van der Waals surface area (Å²) in [6.07, 6.45) is 6.86. The normalized spacial score (nSPS) is 13.4. The van der Waals surface area contributed by atoms with Crippen molar-refractivity contribution in [2.75, 3.05) is 0 Å². The molecule has 0 spiro atoms. The summed E-state index contributed by atoms with van der Waals surface area (Å²) in [5.74, 6) is 0.316. The van der Waals surface area contributed by atoms with Crippen LogP contribution in [0, 0.1) is 5.92 Å². The van der Waals surface area contributed by atoms with Crippen LogP contribution in [0.5, 0.6) is 0 Å². The molecule has 0 N–H and O–H groups in total. The average molecular weight is 156 g/mol. The topological polar surface area (TPSA) is 0 Å². The standard InChI is InChI=1S/C10H17F/c1-4-5-6-10(11)8-7-9(2)3/h6-9H,4-5H2,1-3H3/b8-7-,10-6+. The second kappa shape index (κ2) is 6.14. The zero-order valence-corrected chi connectivity index (χ0v) is 7.60. The monoisotopic (exact) mass is 156 g/mol. The highest BCUT2D eigenvalue weighted by molar-refractivity contribution is 5.11. The van der Waals surface area contributed by atoms with Gasteiger partial charge in [0.2, 0.25) is 0 Å². The Hall–Kier alpha value is -0.590. The molecule has 0 aliphatic carbocycles. The van der Waals surface area contributed by atoms with Crippen molar-refractivity contribution in [2.24, 2.45) is 5.92 Å². The van der Waals surface area contributed by atoms with E-state index in [2.05, 4.69) is 0 Å². The van der Waals surface area contributed by atoms with E-state index in [1.165, 1.54) is 0 Å². The van der Waals surface area contributed by atoms with Gasteiger partial charge in [-0.25, -0.2) is 4.39 Å². The first kappa shape index (κ1) is 10.4. The maximum atomic E-state index is 12.7. The number of allylic oxidation sites excluding steroid dienone is 4. The van der Waals surface area contributed by atoms with Gasteiger partial charge in [-0.3, -0.25) is 0 Å². The molecule has 0 unspecified atom stereocenters. The lowest BCUT2D eigenvalue weighted by Crippen LogP contribution is -1.77. The molecule has 0 aliphatic heterocycles. The van der Waals surface area contributed by atoms with Crippen molar-refractivity contribution in [3.63, 3.8) is 0 Å². The summed E-state index contributed by atoms with van der Waals surface area (Å²) in [4.78, 5) is 0. The third-order valence-electron chi connectivity index (χ3n) is 1.27. The second-order valence-corrected chi connectivity index (χ2v) is 2.98. The fraction of sp³-hybridized carbons (Fsp3) is 0.600. The van der Waals surface area contributed by atoms with Gasteiger partial charge in [0.1, 0.15) is 5.83 Å². The maximum Gasteiger partial charge on any atom is 0.118 e. The van der Waals surface area contributed by atoms with E-state index in [-0.39, 0.29) is 5.83 Å². The zero-order chi connectivity index (χ0) is 8.69. The lowest BCUT2D eigenvalue weighted by Gasteiger charge is -1.92. The van der Waals surface area contributed by atoms with Crippen molar-refractivity contribution >= 4 is 0 Å². The number of hydrogen-bond acceptors (Lipinski definition) is 0. The third-order valence-corrected chi connectivity index (χ3v) is 1.27. The molecule has 11 heavy (non-hydrogen) atoms. The van der Waals surface area contributed by atoms with Crippen molar-refractivity contribution in [1.29, 1.82) is 0 Å². The molecule has 64 valence electrons. The van der Waals surface area contributed by atoms with Crippen LogP contribution in [-0.4, -0.2) is 0 Å². The Morgan fingerprint density at radius 1 is 1.45 bits per heavy atom. The summed E-state index contributed by atoms with van der Waals surface area (Å²) in [5.41, 5.74) is 0. The minimum Gasteiger partial charge on any atom is -0.207 e. The van der Waals surface area contributed by atoms with Crippen molar-refractivity contribution in [3.8, 4) is 0 Å². The summed E-state index contributed by atoms with van der Waals surface area (Å²) >= 11 is 0. The van der Waals surface area contributed by atoms with Crippen molar-refractivity contribution in [2.45, 2.75) is 33.6 Å². The molecule has 0 aromatic heterocycles. The summed E-state index contributed by atoms with van der Waals surface area (Å²) in [5, 5.41) is 0. The highest BCUT2D eigenvalue weighted by Gasteiger charge is 1.87. The van der Waals surface area contributed by atoms with E-state index >= 15 is 0 Å². The first-order valence-corrected chi connectivity index (χ1v) is 4.20. The predicted molar refractivity (Wildman–Crippen MR) is 48.1 cm³/mol. The molecule has 0 saturated carbocycles. The second-order valence-electron chi connectivity index (χ2n) is 2.98. The van der Waals surface area contributed by atoms with Gasteiger partial charge < -0.3 is 0 Å². The highest BCUT2D eigenvalue weighted by Crippen LogP contribution is 2.04. The van der Waals surface area contributed by atoms with Crippen LogP contribution in [0.4, 0.5) is 4.39 Å². The smallest absolute Gasteiger partial charge is 0.118 e. The van der Waals surface area contributed by atoms with Gasteiger partial charge in [0.05, 0.1) is 0 Å². The van der Waals surface area contributed by atoms with Gasteiger partial charge in [-0.1, -0.05) is 33.3 Å². The van der Waals surface area contributed by atoms with Gasteiger partial charge in [0, 0.05) is 0 Å². The summed E-state index contributed by atoms with van der Waals surface area (Å²) in [7, 11) is 0. The molecule has 0 aromatic carbocycles. The highest BCUT2D eigenvalue weighted by atomic mass is 19.1. The molecule has 0 fully saturated rings. The quantitative estimate of drug-likeness (QED) is 0.542. The SMILES string of the molecule is CCC/C=C(F)\C=C/C(C)C. The molecular weight excluding hydrogens is 139 g/mol. The van der Waals surface area contributed by atoms with Crippen molar-refractivity contribution in [1.82, 2.24) is 0 Å². The molecule has 0 atom stereocenters. The molecular formula is C10H17F. The van der Waals surface area contributed by atoms with E-state index in [1.807, 2.05) is 26.8 Å². The van der Waals surface area contributed by atoms with Crippen LogP contribution >= 0.6 is 0 Å². The van der Waals surface area contributed by atoms with Gasteiger partial charge in [-0.15, -0.1) is 0 Å². The van der Waals surface area contributed by atoms with Crippen molar-refractivity contribution < 1.29 is 4.39 Å². The molecule has 1 heteroatoms. The Labute approximate surface area is 68.8 Å². The predicted octanol–water partition coefficient (Wildman–Crippen LogP) is 3.85. The largest absolute Gasteiger partial charge is 0.207 e. The molecule has 0 amide bonds. The minimum absolute atomic E-state index is 0.111. The molecule has 0 nitrogen and oxygen atoms in total. The Bertz CT molecular complexity index is 143. The van der Waals surface area contributed by atoms with E-state index in [9.17, 15) is 4.39 Å². The van der Waals surface area contributed by atoms with E-state index in [0.717, 1.165) is 12.8 Å². The molecule has 0 heterocycles. The number of hydrogen-bond donors (Lipinski definition) is 0. The summed E-state index contributed by atoms with van der Waals surface area (Å²) in [6, 6.07) is 0. The van der Waals surface area contributed by atoms with Gasteiger partial charge >= 0.3 is 0 Å². The molecule has 0 saturated heterocycles. The number of rotatable bonds is 4. The fourth-order valence-electron chi connectivity index (χ4n) is 0.635. The summed E-state index contributed by atoms with van der Waals surface area (Å²) < 4.78 is 12.7. The first-order chi connectivity index (χ1) is 5.16. The summed E-state index contributed by atoms with van der Waals surface area (Å²) in [6.45, 7) is 6.10. The Morgan fingerprint density at radius 3 is 2.55 bits per heavy atom. The lowest BCUT2D eigenvalue weighted by molar-refractivity contribution is 0.654. The van der Waals surface area contributed by atoms with E-state index in [1.54, 1.807) is 12.2 Å². The Kier molecular flexibility index (Phi) is 5.81. The fourth-order valence-corrected chi connectivity index (χ4v) is 0.635. The van der Waals surface area contributed by atoms with E-state index in [0.29, 0.717) is 5.92 Å². The van der Waals surface area contributed by atoms with Crippen LogP contribution in [0.3, 0.4) is 0 Å². The van der Waals surface area contributed by atoms with Crippen LogP contribution in [0.2, 0.25) is 0 Å². The molecule has 0 radical (unpaired) electrons. The van der Waals surface area contributed by atoms with E-state index < -0.39 is 0 Å². The molecule has 0 aliphatic rings. The average Bonchev–Trinajstić information content (AvgIpc) is 1.97. The minimum atomic E-state index is -0.111. The van der Waals surface area contributed by atoms with Crippen molar-refractivity contribution in [3.05, 3.63) is 24.1 Å². The van der Waals surface area contributed by atoms with Crippen LogP contribution in [0.25, 0.3) is 0 Å². The zero-order valence-electron chi connectivity index (χ0n) is 7.60. The maximum absolute atomic E-state index is 12.7. The lowest BCUT2D eigenvalue weighted by atomic mass is 10.2. The van der Waals surface area contributed by atoms with Crippen LogP contribution < -0.4 is 0 Å². The van der Waals surface area contributed by atoms with Gasteiger partial charge in [0.15, 0.2) is 0 Å². The number of unbranched alkanes of at least 4 members (excludes halogenated alkanes) is 1.